The van der Waals surface area contributed by atoms with Gasteiger partial charge in [0.2, 0.25) is 0 Å². The van der Waals surface area contributed by atoms with Crippen LogP contribution in [0.25, 0.3) is 0 Å². The van der Waals surface area contributed by atoms with Gasteiger partial charge in [-0.25, -0.2) is 4.57 Å². The second-order valence-electron chi connectivity index (χ2n) is 26.2. The van der Waals surface area contributed by atoms with Gasteiger partial charge < -0.3 is 20.1 Å². The van der Waals surface area contributed by atoms with Gasteiger partial charge in [-0.05, 0) is 109 Å². The third-order valence-electron chi connectivity index (χ3n) is 17.0. The number of phosphoric acid groups is 1. The summed E-state index contributed by atoms with van der Waals surface area (Å²) < 4.78 is 33.3. The standard InChI is InChI=1S/C85H148NO8P/c1-3-5-7-9-11-13-15-17-19-21-23-25-27-29-31-33-35-37-39-40-41-42-44-46-48-50-52-54-56-58-60-62-64-66-68-70-72-74-76-78-85(88)94-83(82-93-95(89,90)92-80-79-86)81-91-84(87)77-75-73-71-69-67-65-63-61-59-57-55-53-51-49-47-45-43-38-36-34-32-30-28-26-24-22-20-18-16-14-12-10-8-6-4-2/h5-8,11-14,17-20,23-26,29-32,35,37,83H,3-4,9-10,15-16,21-22,27-28,33-34,36,38-82,86H2,1-2H3,(H,89,90)/b7-5-,8-6-,13-11-,14-12-,19-17-,20-18-,25-23-,26-24-,31-29-,32-30-,37-35-. The Bertz CT molecular complexity index is 2030. The first-order chi connectivity index (χ1) is 46.8. The average molecular weight is 1340 g/mol. The number of nitrogens with two attached hydrogens (primary N) is 1. The summed E-state index contributed by atoms with van der Waals surface area (Å²) in [5.41, 5.74) is 5.42. The smallest absolute Gasteiger partial charge is 0.462 e. The summed E-state index contributed by atoms with van der Waals surface area (Å²) in [7, 11) is -4.40. The van der Waals surface area contributed by atoms with Crippen LogP contribution in [-0.2, 0) is 32.7 Å². The first kappa shape index (κ1) is 91.2. The van der Waals surface area contributed by atoms with Crippen LogP contribution in [0, 0.1) is 0 Å². The quantitative estimate of drug-likeness (QED) is 0.0264. The van der Waals surface area contributed by atoms with E-state index in [1.165, 1.54) is 218 Å². The van der Waals surface area contributed by atoms with E-state index >= 15 is 0 Å². The Labute approximate surface area is 586 Å². The van der Waals surface area contributed by atoms with Gasteiger partial charge in [-0.2, -0.15) is 0 Å². The number of allylic oxidation sites excluding steroid dienone is 22. The van der Waals surface area contributed by atoms with Crippen LogP contribution in [0.1, 0.15) is 361 Å². The molecule has 2 atom stereocenters. The van der Waals surface area contributed by atoms with Gasteiger partial charge in [0.1, 0.15) is 6.61 Å². The van der Waals surface area contributed by atoms with Crippen molar-refractivity contribution >= 4 is 19.8 Å². The molecule has 0 saturated carbocycles. The molecule has 0 amide bonds. The minimum atomic E-state index is -4.40. The lowest BCUT2D eigenvalue weighted by Crippen LogP contribution is -2.29. The van der Waals surface area contributed by atoms with Crippen molar-refractivity contribution in [3.05, 3.63) is 134 Å². The van der Waals surface area contributed by atoms with Crippen LogP contribution in [0.2, 0.25) is 0 Å². The zero-order valence-corrected chi connectivity index (χ0v) is 62.5. The van der Waals surface area contributed by atoms with E-state index in [0.717, 1.165) is 109 Å². The van der Waals surface area contributed by atoms with Crippen molar-refractivity contribution in [2.24, 2.45) is 5.73 Å². The SMILES string of the molecule is CC/C=C\C/C=C\C/C=C\C/C=C\C/C=C\C/C=C\CCCCCCCCCCCCCCCCCCCCCCC(=O)OC(COC(=O)CCCCCCCCCCCCCCCCCCCCC/C=C\C/C=C\C/C=C\C/C=C\C/C=C\CC)COP(=O)(O)OCCN. The van der Waals surface area contributed by atoms with Gasteiger partial charge in [0.25, 0.3) is 0 Å². The molecule has 546 valence electrons. The van der Waals surface area contributed by atoms with Crippen LogP contribution >= 0.6 is 7.82 Å². The molecule has 2 unspecified atom stereocenters. The number of rotatable bonds is 74. The van der Waals surface area contributed by atoms with Crippen LogP contribution < -0.4 is 5.73 Å². The van der Waals surface area contributed by atoms with E-state index in [-0.39, 0.29) is 38.6 Å². The lowest BCUT2D eigenvalue weighted by Gasteiger charge is -2.19. The Morgan fingerprint density at radius 2 is 0.547 bits per heavy atom. The maximum absolute atomic E-state index is 12.8. The first-order valence-electron chi connectivity index (χ1n) is 39.7. The number of hydrogen-bond donors (Lipinski definition) is 2. The maximum atomic E-state index is 12.8. The molecular weight excluding hydrogens is 1190 g/mol. The second kappa shape index (κ2) is 79.1. The van der Waals surface area contributed by atoms with E-state index in [1.807, 2.05) is 0 Å². The number of carbonyl (C=O) groups excluding carboxylic acids is 2. The molecule has 3 N–H and O–H groups in total. The highest BCUT2D eigenvalue weighted by Gasteiger charge is 2.26. The molecule has 0 fully saturated rings. The van der Waals surface area contributed by atoms with Crippen molar-refractivity contribution < 1.29 is 37.6 Å². The molecule has 0 rings (SSSR count). The van der Waals surface area contributed by atoms with Gasteiger partial charge in [-0.1, -0.05) is 372 Å². The molecule has 0 radical (unpaired) electrons. The van der Waals surface area contributed by atoms with E-state index in [2.05, 4.69) is 148 Å². The predicted octanol–water partition coefficient (Wildman–Crippen LogP) is 26.8. The molecule has 0 aromatic rings. The Kier molecular flexibility index (Phi) is 75.9. The third-order valence-corrected chi connectivity index (χ3v) is 18.0. The molecular formula is C85H148NO8P. The fourth-order valence-corrected chi connectivity index (χ4v) is 12.0. The van der Waals surface area contributed by atoms with E-state index in [0.29, 0.717) is 6.42 Å². The molecule has 0 spiro atoms. The van der Waals surface area contributed by atoms with Crippen molar-refractivity contribution in [2.75, 3.05) is 26.4 Å². The van der Waals surface area contributed by atoms with Crippen molar-refractivity contribution in [3.8, 4) is 0 Å². The Hall–Kier alpha value is -3.85. The fourth-order valence-electron chi connectivity index (χ4n) is 11.3. The number of ether oxygens (including phenoxy) is 2. The molecule has 0 aromatic carbocycles. The molecule has 95 heavy (non-hydrogen) atoms. The molecule has 0 saturated heterocycles. The van der Waals surface area contributed by atoms with E-state index in [4.69, 9.17) is 24.3 Å². The predicted molar refractivity (Wildman–Crippen MR) is 413 cm³/mol. The fraction of sp³-hybridized carbons (Fsp3) is 0.718. The number of unbranched alkanes of at least 4 members (excludes halogenated alkanes) is 39. The summed E-state index contributed by atoms with van der Waals surface area (Å²) in [4.78, 5) is 35.5. The molecule has 10 heteroatoms. The van der Waals surface area contributed by atoms with Crippen LogP contribution in [-0.4, -0.2) is 49.3 Å². The highest BCUT2D eigenvalue weighted by atomic mass is 31.2. The van der Waals surface area contributed by atoms with Gasteiger partial charge in [0, 0.05) is 19.4 Å². The Balaban J connectivity index is 3.80. The summed E-state index contributed by atoms with van der Waals surface area (Å²) in [6.07, 6.45) is 113. The van der Waals surface area contributed by atoms with E-state index in [9.17, 15) is 19.0 Å². The van der Waals surface area contributed by atoms with Crippen molar-refractivity contribution in [2.45, 2.75) is 367 Å². The van der Waals surface area contributed by atoms with Gasteiger partial charge in [0.15, 0.2) is 6.10 Å². The normalized spacial score (nSPS) is 13.6. The minimum Gasteiger partial charge on any atom is -0.462 e. The maximum Gasteiger partial charge on any atom is 0.472 e. The summed E-state index contributed by atoms with van der Waals surface area (Å²) in [5, 5.41) is 0. The Morgan fingerprint density at radius 1 is 0.316 bits per heavy atom. The van der Waals surface area contributed by atoms with Crippen LogP contribution in [0.4, 0.5) is 0 Å². The lowest BCUT2D eigenvalue weighted by atomic mass is 10.0. The lowest BCUT2D eigenvalue weighted by molar-refractivity contribution is -0.161. The topological polar surface area (TPSA) is 134 Å². The zero-order valence-electron chi connectivity index (χ0n) is 61.6. The third kappa shape index (κ3) is 79.0. The van der Waals surface area contributed by atoms with Crippen molar-refractivity contribution in [1.82, 2.24) is 0 Å². The molecule has 0 aliphatic heterocycles. The molecule has 9 nitrogen and oxygen atoms in total. The summed E-state index contributed by atoms with van der Waals surface area (Å²) in [6, 6.07) is 0. The van der Waals surface area contributed by atoms with Gasteiger partial charge in [-0.15, -0.1) is 0 Å². The molecule has 0 aromatic heterocycles. The molecule has 0 aliphatic rings. The number of hydrogen-bond acceptors (Lipinski definition) is 8. The highest BCUT2D eigenvalue weighted by molar-refractivity contribution is 7.47. The number of phosphoric ester groups is 1. The largest absolute Gasteiger partial charge is 0.472 e. The highest BCUT2D eigenvalue weighted by Crippen LogP contribution is 2.43. The summed E-state index contributed by atoms with van der Waals surface area (Å²) in [5.74, 6) is -0.814. The first-order valence-corrected chi connectivity index (χ1v) is 41.2. The van der Waals surface area contributed by atoms with Crippen LogP contribution in [0.15, 0.2) is 134 Å². The van der Waals surface area contributed by atoms with Gasteiger partial charge in [0.05, 0.1) is 13.2 Å². The minimum absolute atomic E-state index is 0.0516. The van der Waals surface area contributed by atoms with Crippen LogP contribution in [0.5, 0.6) is 0 Å². The zero-order chi connectivity index (χ0) is 68.6. The van der Waals surface area contributed by atoms with E-state index < -0.39 is 26.5 Å². The molecule has 0 heterocycles. The van der Waals surface area contributed by atoms with Crippen molar-refractivity contribution in [3.63, 3.8) is 0 Å². The molecule has 0 bridgehead atoms. The van der Waals surface area contributed by atoms with Crippen molar-refractivity contribution in [1.29, 1.82) is 0 Å². The number of esters is 2. The number of carbonyl (C=O) groups is 2. The second-order valence-corrected chi connectivity index (χ2v) is 27.6. The van der Waals surface area contributed by atoms with Gasteiger partial charge in [-0.3, -0.25) is 18.6 Å². The van der Waals surface area contributed by atoms with Gasteiger partial charge >= 0.3 is 19.8 Å². The summed E-state index contributed by atoms with van der Waals surface area (Å²) >= 11 is 0. The summed E-state index contributed by atoms with van der Waals surface area (Å²) in [6.45, 7) is 3.56. The van der Waals surface area contributed by atoms with Crippen LogP contribution in [0.3, 0.4) is 0 Å². The monoisotopic (exact) mass is 1340 g/mol. The Morgan fingerprint density at radius 3 is 0.811 bits per heavy atom. The average Bonchev–Trinajstić information content (AvgIpc) is 3.16. The molecule has 0 aliphatic carbocycles. The van der Waals surface area contributed by atoms with E-state index in [1.54, 1.807) is 0 Å².